The van der Waals surface area contributed by atoms with Crippen molar-refractivity contribution in [1.29, 1.82) is 0 Å². The number of hydrogen-bond donors (Lipinski definition) is 1. The van der Waals surface area contributed by atoms with Crippen molar-refractivity contribution in [1.82, 2.24) is 14.8 Å². The lowest BCUT2D eigenvalue weighted by Crippen LogP contribution is -2.51. The summed E-state index contributed by atoms with van der Waals surface area (Å²) >= 11 is 0. The van der Waals surface area contributed by atoms with Gasteiger partial charge in [-0.2, -0.15) is 0 Å². The maximum absolute atomic E-state index is 13.3. The highest BCUT2D eigenvalue weighted by molar-refractivity contribution is 5.97. The molecule has 0 bridgehead atoms. The number of carbonyl (C=O) groups excluding carboxylic acids is 2. The minimum Gasteiger partial charge on any atom is -0.472 e. The van der Waals surface area contributed by atoms with E-state index in [0.29, 0.717) is 18.7 Å². The van der Waals surface area contributed by atoms with Crippen molar-refractivity contribution in [3.05, 3.63) is 29.5 Å². The number of pyridine rings is 1. The number of nitrogens with zero attached hydrogens (tertiary/aromatic N) is 3. The molecule has 0 aromatic carbocycles. The fraction of sp³-hybridized carbons (Fsp3) is 0.609. The summed E-state index contributed by atoms with van der Waals surface area (Å²) in [6, 6.07) is 1.45. The molecule has 1 aromatic heterocycles. The summed E-state index contributed by atoms with van der Waals surface area (Å²) in [6.45, 7) is 6.49. The number of carbonyl (C=O) groups is 2. The fourth-order valence-electron chi connectivity index (χ4n) is 3.95. The number of rotatable bonds is 6. The molecule has 164 valence electrons. The number of amides is 2. The Morgan fingerprint density at radius 1 is 1.47 bits per heavy atom. The number of hydrogen-bond acceptors (Lipinski definition) is 5. The molecule has 0 radical (unpaired) electrons. The van der Waals surface area contributed by atoms with Gasteiger partial charge in [0.1, 0.15) is 11.7 Å². The molecular weight excluding hydrogens is 382 g/mol. The normalized spacial score (nSPS) is 23.2. The fourth-order valence-corrected chi connectivity index (χ4v) is 3.95. The number of likely N-dealkylation sites (N-methyl/N-ethyl adjacent to an activating group) is 1. The van der Waals surface area contributed by atoms with Crippen molar-refractivity contribution >= 4 is 17.9 Å². The molecule has 0 spiro atoms. The zero-order valence-electron chi connectivity index (χ0n) is 18.4. The van der Waals surface area contributed by atoms with Crippen LogP contribution < -0.4 is 4.74 Å². The molecule has 7 nitrogen and oxygen atoms in total. The van der Waals surface area contributed by atoms with Gasteiger partial charge < -0.3 is 19.6 Å². The van der Waals surface area contributed by atoms with Gasteiger partial charge in [-0.15, -0.1) is 0 Å². The van der Waals surface area contributed by atoms with Gasteiger partial charge in [0.05, 0.1) is 19.2 Å². The van der Waals surface area contributed by atoms with Gasteiger partial charge in [0.15, 0.2) is 0 Å². The van der Waals surface area contributed by atoms with Crippen LogP contribution in [-0.4, -0.2) is 70.6 Å². The third-order valence-corrected chi connectivity index (χ3v) is 6.19. The molecule has 30 heavy (non-hydrogen) atoms. The number of aliphatic hydroxyl groups excluding tert-OH is 1. The molecular formula is C23H33N3O4. The minimum absolute atomic E-state index is 0.0373. The van der Waals surface area contributed by atoms with Crippen LogP contribution in [0.5, 0.6) is 5.88 Å². The van der Waals surface area contributed by atoms with Gasteiger partial charge in [0, 0.05) is 31.6 Å². The quantitative estimate of drug-likeness (QED) is 0.772. The van der Waals surface area contributed by atoms with Crippen LogP contribution in [-0.2, 0) is 4.79 Å². The highest BCUT2D eigenvalue weighted by Crippen LogP contribution is 2.30. The second kappa shape index (κ2) is 9.60. The highest BCUT2D eigenvalue weighted by Gasteiger charge is 2.36. The Labute approximate surface area is 178 Å². The zero-order valence-corrected chi connectivity index (χ0v) is 18.4. The van der Waals surface area contributed by atoms with E-state index in [4.69, 9.17) is 4.74 Å². The molecule has 1 saturated carbocycles. The number of fused-ring (bicyclic) bond motifs is 1. The van der Waals surface area contributed by atoms with Crippen LogP contribution in [0.2, 0.25) is 0 Å². The Morgan fingerprint density at radius 3 is 2.80 bits per heavy atom. The van der Waals surface area contributed by atoms with E-state index in [2.05, 4.69) is 4.98 Å². The number of aromatic nitrogens is 1. The highest BCUT2D eigenvalue weighted by atomic mass is 16.5. The van der Waals surface area contributed by atoms with Gasteiger partial charge in [0.2, 0.25) is 11.8 Å². The zero-order chi connectivity index (χ0) is 21.8. The molecule has 1 fully saturated rings. The molecule has 1 aliphatic heterocycles. The average Bonchev–Trinajstić information content (AvgIpc) is 2.69. The Kier molecular flexibility index (Phi) is 7.13. The Hall–Kier alpha value is -2.41. The first-order valence-electron chi connectivity index (χ1n) is 10.8. The molecule has 3 rings (SSSR count). The summed E-state index contributed by atoms with van der Waals surface area (Å²) < 4.78 is 6.23. The van der Waals surface area contributed by atoms with Crippen LogP contribution in [0.15, 0.2) is 18.3 Å². The van der Waals surface area contributed by atoms with Gasteiger partial charge in [-0.3, -0.25) is 9.59 Å². The standard InChI is InChI=1S/C23H33N3O4/c1-5-7-17-10-19-21(24-11-17)30-20(13-25(4)22(28)18-8-6-9-18)15(2)12-26(23(19)29)16(3)14-27/h5,7,10-11,15-16,18,20,27H,6,8-9,12-14H2,1-4H3/b7-5+/t15-,16-,20-/m0/s1. The summed E-state index contributed by atoms with van der Waals surface area (Å²) in [6.07, 6.45) is 8.17. The topological polar surface area (TPSA) is 83.0 Å². The minimum atomic E-state index is -0.328. The van der Waals surface area contributed by atoms with Crippen molar-refractivity contribution < 1.29 is 19.4 Å². The SMILES string of the molecule is C/C=C/c1cnc2c(c1)C(=O)N([C@@H](C)CO)C[C@H](C)[C@H](CN(C)C(=O)C1CCC1)O2. The van der Waals surface area contributed by atoms with Gasteiger partial charge in [-0.1, -0.05) is 25.5 Å². The molecule has 1 aromatic rings. The number of ether oxygens (including phenoxy) is 1. The lowest BCUT2D eigenvalue weighted by atomic mass is 9.84. The first-order valence-corrected chi connectivity index (χ1v) is 10.8. The number of aliphatic hydroxyl groups is 1. The molecule has 2 aliphatic rings. The van der Waals surface area contributed by atoms with Crippen LogP contribution in [0.25, 0.3) is 6.08 Å². The summed E-state index contributed by atoms with van der Waals surface area (Å²) in [5.74, 6) is 0.330. The largest absolute Gasteiger partial charge is 0.472 e. The van der Waals surface area contributed by atoms with Gasteiger partial charge in [-0.25, -0.2) is 4.98 Å². The predicted octanol–water partition coefficient (Wildman–Crippen LogP) is 2.59. The monoisotopic (exact) mass is 415 g/mol. The lowest BCUT2D eigenvalue weighted by Gasteiger charge is -2.38. The maximum atomic E-state index is 13.3. The van der Waals surface area contributed by atoms with Gasteiger partial charge in [-0.05, 0) is 38.3 Å². The second-order valence-corrected chi connectivity index (χ2v) is 8.59. The molecule has 7 heteroatoms. The van der Waals surface area contributed by atoms with Crippen molar-refractivity contribution in [2.24, 2.45) is 11.8 Å². The molecule has 1 aliphatic carbocycles. The average molecular weight is 416 g/mol. The van der Waals surface area contributed by atoms with E-state index in [-0.39, 0.29) is 48.3 Å². The van der Waals surface area contributed by atoms with E-state index >= 15 is 0 Å². The summed E-state index contributed by atoms with van der Waals surface area (Å²) in [5.41, 5.74) is 1.20. The Bertz CT molecular complexity index is 806. The third kappa shape index (κ3) is 4.67. The van der Waals surface area contributed by atoms with E-state index in [1.165, 1.54) is 0 Å². The van der Waals surface area contributed by atoms with Crippen LogP contribution in [0.1, 0.15) is 56.0 Å². The molecule has 2 heterocycles. The number of allylic oxidation sites excluding steroid dienone is 1. The van der Waals surface area contributed by atoms with Crippen LogP contribution >= 0.6 is 0 Å². The van der Waals surface area contributed by atoms with E-state index < -0.39 is 0 Å². The molecule has 0 saturated heterocycles. The predicted molar refractivity (Wildman–Crippen MR) is 115 cm³/mol. The summed E-state index contributed by atoms with van der Waals surface area (Å²) in [7, 11) is 1.82. The third-order valence-electron chi connectivity index (χ3n) is 6.19. The van der Waals surface area contributed by atoms with E-state index in [9.17, 15) is 14.7 Å². The van der Waals surface area contributed by atoms with Crippen molar-refractivity contribution in [3.63, 3.8) is 0 Å². The molecule has 0 unspecified atom stereocenters. The van der Waals surface area contributed by atoms with Crippen LogP contribution in [0, 0.1) is 11.8 Å². The van der Waals surface area contributed by atoms with E-state index in [1.807, 2.05) is 40.0 Å². The van der Waals surface area contributed by atoms with Crippen LogP contribution in [0.4, 0.5) is 0 Å². The van der Waals surface area contributed by atoms with E-state index in [1.54, 1.807) is 22.1 Å². The lowest BCUT2D eigenvalue weighted by molar-refractivity contribution is -0.138. The summed E-state index contributed by atoms with van der Waals surface area (Å²) in [5, 5.41) is 9.71. The smallest absolute Gasteiger partial charge is 0.259 e. The summed E-state index contributed by atoms with van der Waals surface area (Å²) in [4.78, 5) is 33.8. The Balaban J connectivity index is 1.91. The molecule has 2 amide bonds. The first kappa shape index (κ1) is 22.3. The van der Waals surface area contributed by atoms with Gasteiger partial charge in [0.25, 0.3) is 5.91 Å². The van der Waals surface area contributed by atoms with Gasteiger partial charge >= 0.3 is 0 Å². The maximum Gasteiger partial charge on any atom is 0.259 e. The molecule has 3 atom stereocenters. The van der Waals surface area contributed by atoms with Crippen molar-refractivity contribution in [2.45, 2.75) is 52.2 Å². The van der Waals surface area contributed by atoms with E-state index in [0.717, 1.165) is 24.8 Å². The molecule has 1 N–H and O–H groups in total. The second-order valence-electron chi connectivity index (χ2n) is 8.59. The first-order chi connectivity index (χ1) is 14.3. The van der Waals surface area contributed by atoms with Crippen molar-refractivity contribution in [3.8, 4) is 5.88 Å². The van der Waals surface area contributed by atoms with Crippen molar-refractivity contribution in [2.75, 3.05) is 26.7 Å². The van der Waals surface area contributed by atoms with Crippen LogP contribution in [0.3, 0.4) is 0 Å². The Morgan fingerprint density at radius 2 is 2.20 bits per heavy atom.